The Morgan fingerprint density at radius 1 is 1.33 bits per heavy atom. The highest BCUT2D eigenvalue weighted by Crippen LogP contribution is 2.35. The SMILES string of the molecule is FC(F)CN(CCBr)c1ncccc1C(F)(F)F. The van der Waals surface area contributed by atoms with Crippen molar-refractivity contribution in [3.63, 3.8) is 0 Å². The highest BCUT2D eigenvalue weighted by molar-refractivity contribution is 9.09. The van der Waals surface area contributed by atoms with E-state index in [-0.39, 0.29) is 11.9 Å². The molecule has 0 aliphatic heterocycles. The second-order valence-corrected chi connectivity index (χ2v) is 4.19. The van der Waals surface area contributed by atoms with Crippen molar-refractivity contribution in [3.8, 4) is 0 Å². The molecule has 0 spiro atoms. The van der Waals surface area contributed by atoms with E-state index in [4.69, 9.17) is 0 Å². The maximum absolute atomic E-state index is 12.7. The van der Waals surface area contributed by atoms with E-state index < -0.39 is 30.5 Å². The zero-order valence-electron chi connectivity index (χ0n) is 9.09. The van der Waals surface area contributed by atoms with Crippen LogP contribution in [0.4, 0.5) is 27.8 Å². The number of hydrogen-bond acceptors (Lipinski definition) is 2. The fourth-order valence-electron chi connectivity index (χ4n) is 1.42. The fraction of sp³-hybridized carbons (Fsp3) is 0.500. The number of anilines is 1. The summed E-state index contributed by atoms with van der Waals surface area (Å²) in [5.74, 6) is -0.468. The van der Waals surface area contributed by atoms with Gasteiger partial charge in [0, 0.05) is 18.1 Å². The Labute approximate surface area is 109 Å². The van der Waals surface area contributed by atoms with Gasteiger partial charge in [-0.2, -0.15) is 13.2 Å². The highest BCUT2D eigenvalue weighted by Gasteiger charge is 2.35. The van der Waals surface area contributed by atoms with Crippen molar-refractivity contribution in [2.24, 2.45) is 0 Å². The van der Waals surface area contributed by atoms with E-state index in [9.17, 15) is 22.0 Å². The Hall–Kier alpha value is -0.920. The molecule has 0 aliphatic rings. The third kappa shape index (κ3) is 4.08. The van der Waals surface area contributed by atoms with Crippen molar-refractivity contribution < 1.29 is 22.0 Å². The number of alkyl halides is 6. The summed E-state index contributed by atoms with van der Waals surface area (Å²) in [7, 11) is 0. The Kier molecular flexibility index (Phi) is 5.30. The van der Waals surface area contributed by atoms with Crippen LogP contribution in [0.1, 0.15) is 5.56 Å². The molecule has 0 bridgehead atoms. The van der Waals surface area contributed by atoms with Crippen LogP contribution in [0.5, 0.6) is 0 Å². The molecule has 0 unspecified atom stereocenters. The minimum atomic E-state index is -4.61. The van der Waals surface area contributed by atoms with Crippen LogP contribution in [-0.4, -0.2) is 29.8 Å². The van der Waals surface area contributed by atoms with Crippen molar-refractivity contribution in [2.45, 2.75) is 12.6 Å². The van der Waals surface area contributed by atoms with Crippen molar-refractivity contribution in [1.82, 2.24) is 4.98 Å². The summed E-state index contributed by atoms with van der Waals surface area (Å²) in [5.41, 5.74) is -1.01. The predicted molar refractivity (Wildman–Crippen MR) is 61.3 cm³/mol. The molecular weight excluding hydrogens is 323 g/mol. The lowest BCUT2D eigenvalue weighted by molar-refractivity contribution is -0.137. The number of rotatable bonds is 5. The van der Waals surface area contributed by atoms with E-state index >= 15 is 0 Å². The van der Waals surface area contributed by atoms with E-state index in [1.165, 1.54) is 0 Å². The Morgan fingerprint density at radius 3 is 2.50 bits per heavy atom. The average molecular weight is 333 g/mol. The summed E-state index contributed by atoms with van der Waals surface area (Å²) in [6, 6.07) is 1.95. The predicted octanol–water partition coefficient (Wildman–Crippen LogP) is 3.57. The number of aromatic nitrogens is 1. The van der Waals surface area contributed by atoms with Crippen molar-refractivity contribution in [2.75, 3.05) is 23.3 Å². The molecule has 0 atom stereocenters. The molecule has 0 fully saturated rings. The number of pyridine rings is 1. The topological polar surface area (TPSA) is 16.1 Å². The lowest BCUT2D eigenvalue weighted by Gasteiger charge is -2.25. The molecule has 0 aliphatic carbocycles. The zero-order valence-corrected chi connectivity index (χ0v) is 10.7. The van der Waals surface area contributed by atoms with Gasteiger partial charge >= 0.3 is 6.18 Å². The minimum Gasteiger partial charge on any atom is -0.350 e. The maximum Gasteiger partial charge on any atom is 0.419 e. The van der Waals surface area contributed by atoms with Gasteiger partial charge in [-0.1, -0.05) is 15.9 Å². The largest absolute Gasteiger partial charge is 0.419 e. The molecule has 1 rings (SSSR count). The van der Waals surface area contributed by atoms with Gasteiger partial charge in [-0.05, 0) is 12.1 Å². The van der Waals surface area contributed by atoms with Crippen molar-refractivity contribution in [3.05, 3.63) is 23.9 Å². The number of halogens is 6. The van der Waals surface area contributed by atoms with E-state index in [0.717, 1.165) is 23.2 Å². The Balaban J connectivity index is 3.11. The van der Waals surface area contributed by atoms with Gasteiger partial charge in [-0.15, -0.1) is 0 Å². The van der Waals surface area contributed by atoms with Crippen molar-refractivity contribution in [1.29, 1.82) is 0 Å². The number of nitrogens with zero attached hydrogens (tertiary/aromatic N) is 2. The molecular formula is C10H10BrF5N2. The minimum absolute atomic E-state index is 0.0183. The van der Waals surface area contributed by atoms with Crippen LogP contribution in [0.25, 0.3) is 0 Å². The first kappa shape index (κ1) is 15.1. The third-order valence-corrected chi connectivity index (χ3v) is 2.46. The first-order valence-corrected chi connectivity index (χ1v) is 6.09. The van der Waals surface area contributed by atoms with Gasteiger partial charge < -0.3 is 4.90 Å². The lowest BCUT2D eigenvalue weighted by Crippen LogP contribution is -2.33. The second kappa shape index (κ2) is 6.31. The van der Waals surface area contributed by atoms with Gasteiger partial charge in [0.05, 0.1) is 12.1 Å². The van der Waals surface area contributed by atoms with E-state index in [1.54, 1.807) is 0 Å². The molecule has 0 saturated carbocycles. The summed E-state index contributed by atoms with van der Waals surface area (Å²) in [4.78, 5) is 4.49. The van der Waals surface area contributed by atoms with E-state index in [0.29, 0.717) is 0 Å². The normalized spacial score (nSPS) is 11.9. The number of hydrogen-bond donors (Lipinski definition) is 0. The third-order valence-electron chi connectivity index (χ3n) is 2.10. The monoisotopic (exact) mass is 332 g/mol. The summed E-state index contributed by atoms with van der Waals surface area (Å²) < 4.78 is 62.9. The standard InChI is InChI=1S/C10H10BrF5N2/c11-3-5-18(6-8(12)13)9-7(10(14,15)16)2-1-4-17-9/h1-2,4,8H,3,5-6H2. The summed E-state index contributed by atoms with van der Waals surface area (Å²) in [5, 5.41) is 0.271. The van der Waals surface area contributed by atoms with Crippen molar-refractivity contribution >= 4 is 21.7 Å². The molecule has 0 saturated heterocycles. The smallest absolute Gasteiger partial charge is 0.350 e. The molecule has 102 valence electrons. The molecule has 0 radical (unpaired) electrons. The average Bonchev–Trinajstić information content (AvgIpc) is 2.27. The summed E-state index contributed by atoms with van der Waals surface area (Å²) >= 11 is 3.02. The summed E-state index contributed by atoms with van der Waals surface area (Å²) in [6.07, 6.45) is -6.19. The molecule has 18 heavy (non-hydrogen) atoms. The quantitative estimate of drug-likeness (QED) is 0.605. The molecule has 0 aromatic carbocycles. The van der Waals surface area contributed by atoms with Crippen LogP contribution in [0.15, 0.2) is 18.3 Å². The molecule has 8 heteroatoms. The van der Waals surface area contributed by atoms with Crippen LogP contribution < -0.4 is 4.90 Å². The highest BCUT2D eigenvalue weighted by atomic mass is 79.9. The van der Waals surface area contributed by atoms with Crippen LogP contribution in [0.3, 0.4) is 0 Å². The second-order valence-electron chi connectivity index (χ2n) is 3.40. The van der Waals surface area contributed by atoms with Crippen LogP contribution in [0.2, 0.25) is 0 Å². The first-order valence-electron chi connectivity index (χ1n) is 4.97. The molecule has 1 aromatic rings. The molecule has 0 amide bonds. The molecule has 2 nitrogen and oxygen atoms in total. The van der Waals surface area contributed by atoms with Crippen LogP contribution >= 0.6 is 15.9 Å². The van der Waals surface area contributed by atoms with Gasteiger partial charge in [0.1, 0.15) is 5.82 Å². The molecule has 0 N–H and O–H groups in total. The molecule has 1 aromatic heterocycles. The van der Waals surface area contributed by atoms with Gasteiger partial charge in [0.25, 0.3) is 6.43 Å². The van der Waals surface area contributed by atoms with Gasteiger partial charge in [0.15, 0.2) is 0 Å². The van der Waals surface area contributed by atoms with Crippen LogP contribution in [-0.2, 0) is 6.18 Å². The van der Waals surface area contributed by atoms with Crippen LogP contribution in [0, 0.1) is 0 Å². The van der Waals surface area contributed by atoms with Gasteiger partial charge in [-0.3, -0.25) is 0 Å². The van der Waals surface area contributed by atoms with Gasteiger partial charge in [-0.25, -0.2) is 13.8 Å². The summed E-state index contributed by atoms with van der Waals surface area (Å²) in [6.45, 7) is -0.768. The van der Waals surface area contributed by atoms with Gasteiger partial charge in [0.2, 0.25) is 0 Å². The Morgan fingerprint density at radius 2 is 2.00 bits per heavy atom. The fourth-order valence-corrected chi connectivity index (χ4v) is 1.85. The lowest BCUT2D eigenvalue weighted by atomic mass is 10.2. The molecule has 1 heterocycles. The Bertz CT molecular complexity index is 383. The van der Waals surface area contributed by atoms with E-state index in [2.05, 4.69) is 20.9 Å². The first-order chi connectivity index (χ1) is 8.36. The maximum atomic E-state index is 12.7. The van der Waals surface area contributed by atoms with E-state index in [1.807, 2.05) is 0 Å². The zero-order chi connectivity index (χ0) is 13.8.